The van der Waals surface area contributed by atoms with Crippen molar-refractivity contribution in [1.29, 1.82) is 0 Å². The van der Waals surface area contributed by atoms with Gasteiger partial charge in [0.05, 0.1) is 18.1 Å². The van der Waals surface area contributed by atoms with Crippen molar-refractivity contribution < 1.29 is 19.1 Å². The Balaban J connectivity index is 1.48. The Morgan fingerprint density at radius 3 is 2.71 bits per heavy atom. The van der Waals surface area contributed by atoms with Gasteiger partial charge in [0.1, 0.15) is 29.8 Å². The lowest BCUT2D eigenvalue weighted by atomic mass is 9.97. The fraction of sp³-hybridized carbons (Fsp3) is 0.308. The molecule has 1 unspecified atom stereocenters. The second kappa shape index (κ2) is 9.50. The molecule has 0 saturated heterocycles. The monoisotopic (exact) mass is 473 g/mol. The summed E-state index contributed by atoms with van der Waals surface area (Å²) in [4.78, 5) is 31.7. The number of hydrogen-bond acceptors (Lipinski definition) is 6. The molecule has 0 spiro atoms. The van der Waals surface area contributed by atoms with Gasteiger partial charge in [0.2, 0.25) is 0 Å². The Morgan fingerprint density at radius 2 is 2.00 bits per heavy atom. The minimum absolute atomic E-state index is 0.0131. The molecule has 0 radical (unpaired) electrons. The first-order chi connectivity index (χ1) is 16.6. The number of aryl methyl sites for hydroxylation is 1. The third kappa shape index (κ3) is 5.79. The Hall–Kier alpha value is -4.32. The van der Waals surface area contributed by atoms with Gasteiger partial charge in [-0.05, 0) is 45.0 Å². The van der Waals surface area contributed by atoms with E-state index in [1.165, 1.54) is 17.2 Å². The molecule has 2 amide bonds. The van der Waals surface area contributed by atoms with E-state index in [9.17, 15) is 9.59 Å². The van der Waals surface area contributed by atoms with Gasteiger partial charge in [0.25, 0.3) is 11.8 Å². The first-order valence-corrected chi connectivity index (χ1v) is 11.1. The highest BCUT2D eigenvalue weighted by atomic mass is 16.5. The zero-order valence-electron chi connectivity index (χ0n) is 20.3. The van der Waals surface area contributed by atoms with Gasteiger partial charge in [-0.25, -0.2) is 0 Å². The largest absolute Gasteiger partial charge is 0.489 e. The van der Waals surface area contributed by atoms with Crippen molar-refractivity contribution in [2.45, 2.75) is 26.8 Å². The maximum atomic E-state index is 13.2. The van der Waals surface area contributed by atoms with Crippen LogP contribution in [0.25, 0.3) is 0 Å². The lowest BCUT2D eigenvalue weighted by molar-refractivity contribution is -0.120. The number of nitrogens with one attached hydrogen (secondary N) is 1. The van der Waals surface area contributed by atoms with E-state index in [1.807, 2.05) is 32.9 Å². The molecule has 0 aliphatic carbocycles. The number of pyridine rings is 1. The van der Waals surface area contributed by atoms with E-state index in [1.54, 1.807) is 43.3 Å². The first-order valence-electron chi connectivity index (χ1n) is 11.1. The van der Waals surface area contributed by atoms with E-state index in [0.717, 1.165) is 5.56 Å². The highest BCUT2D eigenvalue weighted by Crippen LogP contribution is 2.31. The molecule has 0 saturated carbocycles. The van der Waals surface area contributed by atoms with Crippen molar-refractivity contribution in [1.82, 2.24) is 20.1 Å². The molecule has 9 heteroatoms. The van der Waals surface area contributed by atoms with Crippen molar-refractivity contribution >= 4 is 17.5 Å². The molecule has 1 aliphatic heterocycles. The molecule has 3 aromatic rings. The van der Waals surface area contributed by atoms with Crippen molar-refractivity contribution in [3.63, 3.8) is 0 Å². The molecule has 0 bridgehead atoms. The second-order valence-electron chi connectivity index (χ2n) is 9.25. The number of carbonyl (C=O) groups is 2. The van der Waals surface area contributed by atoms with Gasteiger partial charge in [-0.2, -0.15) is 5.10 Å². The van der Waals surface area contributed by atoms with Gasteiger partial charge in [0, 0.05) is 37.3 Å². The van der Waals surface area contributed by atoms with Crippen LogP contribution in [0.2, 0.25) is 0 Å². The number of amides is 2. The summed E-state index contributed by atoms with van der Waals surface area (Å²) < 4.78 is 13.2. The van der Waals surface area contributed by atoms with Crippen LogP contribution in [-0.2, 0) is 11.8 Å². The van der Waals surface area contributed by atoms with E-state index in [-0.39, 0.29) is 23.6 Å². The van der Waals surface area contributed by atoms with Gasteiger partial charge >= 0.3 is 0 Å². The molecule has 0 fully saturated rings. The third-order valence-electron chi connectivity index (χ3n) is 5.12. The summed E-state index contributed by atoms with van der Waals surface area (Å²) in [6.45, 7) is 6.09. The topological polar surface area (TPSA) is 98.6 Å². The smallest absolute Gasteiger partial charge is 0.270 e. The van der Waals surface area contributed by atoms with Crippen LogP contribution in [-0.4, -0.2) is 46.3 Å². The van der Waals surface area contributed by atoms with Gasteiger partial charge < -0.3 is 19.7 Å². The minimum Gasteiger partial charge on any atom is -0.489 e. The van der Waals surface area contributed by atoms with Crippen molar-refractivity contribution in [2.75, 3.05) is 18.6 Å². The van der Waals surface area contributed by atoms with Crippen LogP contribution >= 0.6 is 0 Å². The number of fused-ring (bicyclic) bond motifs is 1. The SMILES string of the molecule is CN1C(=O)C(NC(=O)c2cc(Oc3cnn(C)c3)ccn2)COc2ccc(C#CC(C)(C)C)cc21. The molecule has 3 heterocycles. The van der Waals surface area contributed by atoms with Gasteiger partial charge in [-0.15, -0.1) is 0 Å². The quantitative estimate of drug-likeness (QED) is 0.585. The summed E-state index contributed by atoms with van der Waals surface area (Å²) in [7, 11) is 3.43. The van der Waals surface area contributed by atoms with Crippen LogP contribution in [0.1, 0.15) is 36.8 Å². The molecule has 35 heavy (non-hydrogen) atoms. The number of likely N-dealkylation sites (N-methyl/N-ethyl adjacent to an activating group) is 1. The van der Waals surface area contributed by atoms with Gasteiger partial charge in [0.15, 0.2) is 5.75 Å². The molecule has 4 rings (SSSR count). The van der Waals surface area contributed by atoms with Crippen LogP contribution in [0.3, 0.4) is 0 Å². The van der Waals surface area contributed by atoms with E-state index < -0.39 is 11.9 Å². The number of aromatic nitrogens is 3. The van der Waals surface area contributed by atoms with Crippen LogP contribution in [0.4, 0.5) is 5.69 Å². The molecule has 1 aliphatic rings. The molecular weight excluding hydrogens is 446 g/mol. The van der Waals surface area contributed by atoms with Crippen LogP contribution < -0.4 is 19.7 Å². The summed E-state index contributed by atoms with van der Waals surface area (Å²) in [5, 5.41) is 6.78. The standard InChI is InChI=1S/C26H27N5O4/c1-26(2,3)10-8-17-6-7-23-22(12-17)31(5)25(33)21(16-34-23)29-24(32)20-13-18(9-11-27-20)35-19-14-28-30(4)15-19/h6-7,9,11-15,21H,16H2,1-5H3,(H,29,32). The number of hydrogen-bond donors (Lipinski definition) is 1. The number of rotatable bonds is 4. The summed E-state index contributed by atoms with van der Waals surface area (Å²) in [6, 6.07) is 7.70. The third-order valence-corrected chi connectivity index (χ3v) is 5.12. The molecule has 1 atom stereocenters. The zero-order valence-corrected chi connectivity index (χ0v) is 20.3. The number of benzene rings is 1. The fourth-order valence-electron chi connectivity index (χ4n) is 3.36. The Kier molecular flexibility index (Phi) is 6.47. The number of ether oxygens (including phenoxy) is 2. The van der Waals surface area contributed by atoms with Crippen molar-refractivity contribution in [3.8, 4) is 29.1 Å². The number of anilines is 1. The van der Waals surface area contributed by atoms with Crippen molar-refractivity contribution in [3.05, 3.63) is 60.2 Å². The molecule has 1 aromatic carbocycles. The van der Waals surface area contributed by atoms with E-state index in [4.69, 9.17) is 9.47 Å². The van der Waals surface area contributed by atoms with E-state index in [0.29, 0.717) is 22.9 Å². The number of carbonyl (C=O) groups excluding carboxylic acids is 2. The van der Waals surface area contributed by atoms with E-state index >= 15 is 0 Å². The Morgan fingerprint density at radius 1 is 1.20 bits per heavy atom. The van der Waals surface area contributed by atoms with Crippen molar-refractivity contribution in [2.24, 2.45) is 12.5 Å². The predicted octanol–water partition coefficient (Wildman–Crippen LogP) is 3.16. The lowest BCUT2D eigenvalue weighted by Gasteiger charge is -2.20. The Bertz CT molecular complexity index is 1330. The van der Waals surface area contributed by atoms with Crippen LogP contribution in [0.15, 0.2) is 48.9 Å². The second-order valence-corrected chi connectivity index (χ2v) is 9.25. The average Bonchev–Trinajstić information content (AvgIpc) is 3.18. The minimum atomic E-state index is -0.895. The highest BCUT2D eigenvalue weighted by molar-refractivity contribution is 6.03. The molecular formula is C26H27N5O4. The van der Waals surface area contributed by atoms with Gasteiger partial charge in [-0.1, -0.05) is 11.8 Å². The summed E-state index contributed by atoms with van der Waals surface area (Å²) in [5.74, 6) is 7.01. The molecule has 9 nitrogen and oxygen atoms in total. The normalized spacial score (nSPS) is 15.3. The summed E-state index contributed by atoms with van der Waals surface area (Å²) in [5.41, 5.74) is 1.34. The first kappa shape index (κ1) is 23.8. The molecule has 1 N–H and O–H groups in total. The summed E-state index contributed by atoms with van der Waals surface area (Å²) in [6.07, 6.45) is 4.73. The Labute approximate surface area is 204 Å². The zero-order chi connectivity index (χ0) is 25.2. The maximum absolute atomic E-state index is 13.2. The fourth-order valence-corrected chi connectivity index (χ4v) is 3.36. The maximum Gasteiger partial charge on any atom is 0.270 e. The van der Waals surface area contributed by atoms with E-state index in [2.05, 4.69) is 27.2 Å². The molecule has 2 aromatic heterocycles. The van der Waals surface area contributed by atoms with Crippen LogP contribution in [0, 0.1) is 17.3 Å². The highest BCUT2D eigenvalue weighted by Gasteiger charge is 2.31. The summed E-state index contributed by atoms with van der Waals surface area (Å²) >= 11 is 0. The van der Waals surface area contributed by atoms with Gasteiger partial charge in [-0.3, -0.25) is 19.3 Å². The number of nitrogens with zero attached hydrogens (tertiary/aromatic N) is 4. The lowest BCUT2D eigenvalue weighted by Crippen LogP contribution is -2.49. The van der Waals surface area contributed by atoms with Crippen LogP contribution in [0.5, 0.6) is 17.2 Å². The average molecular weight is 474 g/mol. The predicted molar refractivity (Wildman–Crippen MR) is 130 cm³/mol. The molecule has 180 valence electrons.